The van der Waals surface area contributed by atoms with Gasteiger partial charge in [0, 0.05) is 18.9 Å². The Hall–Kier alpha value is -2.36. The number of nitrogens with zero attached hydrogens (tertiary/aromatic N) is 3. The second-order valence-electron chi connectivity index (χ2n) is 4.76. The number of fused-ring (bicyclic) bond motifs is 1. The minimum absolute atomic E-state index is 0.847. The molecule has 4 nitrogen and oxygen atoms in total. The summed E-state index contributed by atoms with van der Waals surface area (Å²) in [5.74, 6) is 0.847. The Kier molecular flexibility index (Phi) is 2.71. The number of aromatic nitrogens is 3. The number of anilines is 2. The minimum atomic E-state index is 0.847. The summed E-state index contributed by atoms with van der Waals surface area (Å²) in [5, 5.41) is 4.44. The summed E-state index contributed by atoms with van der Waals surface area (Å²) < 4.78 is 1.99. The van der Waals surface area contributed by atoms with E-state index in [1.54, 1.807) is 6.33 Å². The van der Waals surface area contributed by atoms with E-state index in [-0.39, 0.29) is 0 Å². The molecule has 0 amide bonds. The molecule has 3 aromatic rings. The van der Waals surface area contributed by atoms with Crippen LogP contribution in [0.1, 0.15) is 11.1 Å². The summed E-state index contributed by atoms with van der Waals surface area (Å²) in [7, 11) is 1.98. The Morgan fingerprint density at radius 3 is 2.79 bits per heavy atom. The molecule has 0 bridgehead atoms. The third-order valence-corrected chi connectivity index (χ3v) is 3.52. The van der Waals surface area contributed by atoms with E-state index >= 15 is 0 Å². The lowest BCUT2D eigenvalue weighted by Gasteiger charge is -2.11. The molecule has 0 aliphatic heterocycles. The smallest absolute Gasteiger partial charge is 0.145 e. The van der Waals surface area contributed by atoms with Crippen molar-refractivity contribution in [2.24, 2.45) is 7.05 Å². The van der Waals surface area contributed by atoms with Crippen molar-refractivity contribution < 1.29 is 0 Å². The average Bonchev–Trinajstić information content (AvgIpc) is 2.78. The topological polar surface area (TPSA) is 42.7 Å². The van der Waals surface area contributed by atoms with Crippen molar-refractivity contribution in [3.63, 3.8) is 0 Å². The molecule has 3 rings (SSSR count). The molecule has 0 fully saturated rings. The third kappa shape index (κ3) is 1.95. The van der Waals surface area contributed by atoms with Crippen LogP contribution in [0.3, 0.4) is 0 Å². The first kappa shape index (κ1) is 11.7. The van der Waals surface area contributed by atoms with Gasteiger partial charge in [0.1, 0.15) is 17.8 Å². The average molecular weight is 252 g/mol. The largest absolute Gasteiger partial charge is 0.339 e. The van der Waals surface area contributed by atoms with Crippen molar-refractivity contribution in [1.29, 1.82) is 0 Å². The summed E-state index contributed by atoms with van der Waals surface area (Å²) in [6.45, 7) is 4.22. The van der Waals surface area contributed by atoms with E-state index in [0.717, 1.165) is 22.5 Å². The zero-order chi connectivity index (χ0) is 13.4. The molecule has 0 radical (unpaired) electrons. The van der Waals surface area contributed by atoms with E-state index in [1.165, 1.54) is 11.1 Å². The van der Waals surface area contributed by atoms with Gasteiger partial charge >= 0.3 is 0 Å². The maximum absolute atomic E-state index is 4.35. The Morgan fingerprint density at radius 1 is 1.11 bits per heavy atom. The maximum atomic E-state index is 4.35. The van der Waals surface area contributed by atoms with E-state index in [0.29, 0.717) is 0 Å². The van der Waals surface area contributed by atoms with Gasteiger partial charge in [0.15, 0.2) is 0 Å². The lowest BCUT2D eigenvalue weighted by molar-refractivity contribution is 0.944. The lowest BCUT2D eigenvalue weighted by atomic mass is 10.1. The van der Waals surface area contributed by atoms with Crippen molar-refractivity contribution in [2.45, 2.75) is 13.8 Å². The Bertz CT molecular complexity index is 743. The predicted octanol–water partition coefficient (Wildman–Crippen LogP) is 3.33. The predicted molar refractivity (Wildman–Crippen MR) is 77.7 cm³/mol. The summed E-state index contributed by atoms with van der Waals surface area (Å²) >= 11 is 0. The van der Waals surface area contributed by atoms with Gasteiger partial charge in [0.25, 0.3) is 0 Å². The van der Waals surface area contributed by atoms with E-state index in [2.05, 4.69) is 41.3 Å². The van der Waals surface area contributed by atoms with E-state index in [9.17, 15) is 0 Å². The Labute approximate surface area is 112 Å². The van der Waals surface area contributed by atoms with Crippen LogP contribution in [0, 0.1) is 13.8 Å². The second kappa shape index (κ2) is 4.39. The number of hydrogen-bond donors (Lipinski definition) is 1. The standard InChI is InChI=1S/C15H16N4/c1-10-5-4-6-13(11(10)2)18-14-12-7-8-19(3)15(12)17-9-16-14/h4-9H,1-3H3,(H,16,17,18). The SMILES string of the molecule is Cc1cccc(Nc2ncnc3c2ccn3C)c1C. The van der Waals surface area contributed by atoms with Gasteiger partial charge in [-0.15, -0.1) is 0 Å². The third-order valence-electron chi connectivity index (χ3n) is 3.52. The number of benzene rings is 1. The molecule has 0 unspecified atom stereocenters. The molecule has 0 atom stereocenters. The molecule has 0 aliphatic carbocycles. The highest BCUT2D eigenvalue weighted by atomic mass is 15.1. The zero-order valence-electron chi connectivity index (χ0n) is 11.3. The van der Waals surface area contributed by atoms with Crippen LogP contribution in [0.2, 0.25) is 0 Å². The van der Waals surface area contributed by atoms with Gasteiger partial charge in [-0.1, -0.05) is 12.1 Å². The van der Waals surface area contributed by atoms with Crippen molar-refractivity contribution in [2.75, 3.05) is 5.32 Å². The summed E-state index contributed by atoms with van der Waals surface area (Å²) in [6.07, 6.45) is 3.59. The molecule has 0 spiro atoms. The van der Waals surface area contributed by atoms with E-state index < -0.39 is 0 Å². The molecule has 0 saturated heterocycles. The fourth-order valence-electron chi connectivity index (χ4n) is 2.19. The maximum Gasteiger partial charge on any atom is 0.145 e. The molecule has 4 heteroatoms. The van der Waals surface area contributed by atoms with Gasteiger partial charge in [-0.25, -0.2) is 9.97 Å². The van der Waals surface area contributed by atoms with E-state index in [4.69, 9.17) is 0 Å². The van der Waals surface area contributed by atoms with Gasteiger partial charge in [-0.3, -0.25) is 0 Å². The highest BCUT2D eigenvalue weighted by Gasteiger charge is 2.08. The number of hydrogen-bond acceptors (Lipinski definition) is 3. The zero-order valence-corrected chi connectivity index (χ0v) is 11.3. The number of aryl methyl sites for hydroxylation is 2. The van der Waals surface area contributed by atoms with Crippen molar-refractivity contribution in [3.8, 4) is 0 Å². The van der Waals surface area contributed by atoms with Crippen LogP contribution in [0.4, 0.5) is 11.5 Å². The molecular formula is C15H16N4. The van der Waals surface area contributed by atoms with Gasteiger partial charge < -0.3 is 9.88 Å². The fraction of sp³-hybridized carbons (Fsp3) is 0.200. The summed E-state index contributed by atoms with van der Waals surface area (Å²) in [6, 6.07) is 8.26. The monoisotopic (exact) mass is 252 g/mol. The van der Waals surface area contributed by atoms with Crippen LogP contribution in [0.25, 0.3) is 11.0 Å². The molecule has 2 heterocycles. The van der Waals surface area contributed by atoms with Crippen molar-refractivity contribution in [1.82, 2.24) is 14.5 Å². The molecular weight excluding hydrogens is 236 g/mol. The van der Waals surface area contributed by atoms with Crippen LogP contribution >= 0.6 is 0 Å². The second-order valence-corrected chi connectivity index (χ2v) is 4.76. The molecule has 0 aliphatic rings. The summed E-state index contributed by atoms with van der Waals surface area (Å²) in [4.78, 5) is 8.65. The van der Waals surface area contributed by atoms with Gasteiger partial charge in [0.2, 0.25) is 0 Å². The lowest BCUT2D eigenvalue weighted by Crippen LogP contribution is -1.99. The highest BCUT2D eigenvalue weighted by molar-refractivity contribution is 5.89. The molecule has 96 valence electrons. The van der Waals surface area contributed by atoms with Gasteiger partial charge in [0.05, 0.1) is 5.39 Å². The fourth-order valence-corrected chi connectivity index (χ4v) is 2.19. The summed E-state index contributed by atoms with van der Waals surface area (Å²) in [5.41, 5.74) is 4.53. The van der Waals surface area contributed by atoms with Crippen LogP contribution in [0.5, 0.6) is 0 Å². The first-order chi connectivity index (χ1) is 9.16. The highest BCUT2D eigenvalue weighted by Crippen LogP contribution is 2.26. The normalized spacial score (nSPS) is 10.9. The minimum Gasteiger partial charge on any atom is -0.339 e. The van der Waals surface area contributed by atoms with E-state index in [1.807, 2.05) is 29.9 Å². The van der Waals surface area contributed by atoms with Gasteiger partial charge in [-0.2, -0.15) is 0 Å². The first-order valence-corrected chi connectivity index (χ1v) is 6.26. The van der Waals surface area contributed by atoms with Gasteiger partial charge in [-0.05, 0) is 37.1 Å². The first-order valence-electron chi connectivity index (χ1n) is 6.26. The van der Waals surface area contributed by atoms with Crippen molar-refractivity contribution in [3.05, 3.63) is 47.9 Å². The quantitative estimate of drug-likeness (QED) is 0.760. The van der Waals surface area contributed by atoms with Crippen LogP contribution in [0.15, 0.2) is 36.8 Å². The van der Waals surface area contributed by atoms with Crippen molar-refractivity contribution >= 4 is 22.5 Å². The Balaban J connectivity index is 2.08. The van der Waals surface area contributed by atoms with Crippen LogP contribution in [-0.2, 0) is 7.05 Å². The van der Waals surface area contributed by atoms with Crippen LogP contribution in [-0.4, -0.2) is 14.5 Å². The number of rotatable bonds is 2. The Morgan fingerprint density at radius 2 is 1.95 bits per heavy atom. The molecule has 2 aromatic heterocycles. The van der Waals surface area contributed by atoms with Crippen LogP contribution < -0.4 is 5.32 Å². The molecule has 1 N–H and O–H groups in total. The number of nitrogens with one attached hydrogen (secondary N) is 1. The molecule has 19 heavy (non-hydrogen) atoms. The molecule has 1 aromatic carbocycles. The molecule has 0 saturated carbocycles.